The smallest absolute Gasteiger partial charge is 0.164 e. The van der Waals surface area contributed by atoms with E-state index in [1.807, 2.05) is 60.7 Å². The molecule has 5 heteroatoms. The Bertz CT molecular complexity index is 3120. The van der Waals surface area contributed by atoms with Gasteiger partial charge in [-0.25, -0.2) is 15.0 Å². The molecule has 0 saturated heterocycles. The fraction of sp³-hybridized carbons (Fsp3) is 0.0377. The molecule has 2 unspecified atom stereocenters. The number of fused-ring (bicyclic) bond motifs is 7. The van der Waals surface area contributed by atoms with Gasteiger partial charge >= 0.3 is 0 Å². The van der Waals surface area contributed by atoms with Crippen LogP contribution in [0.1, 0.15) is 34.2 Å². The van der Waals surface area contributed by atoms with Crippen molar-refractivity contribution in [3.8, 4) is 56.1 Å². The van der Waals surface area contributed by atoms with Gasteiger partial charge in [0.15, 0.2) is 17.5 Å². The number of benzene rings is 6. The number of nitrogens with zero attached hydrogens (tertiary/aromatic N) is 4. The fourth-order valence-corrected chi connectivity index (χ4v) is 9.87. The molecule has 0 saturated carbocycles. The molecule has 4 aliphatic rings. The summed E-state index contributed by atoms with van der Waals surface area (Å²) in [7, 11) is 1.22. The molecule has 2 aliphatic heterocycles. The minimum atomic E-state index is -0.0254. The Hall–Kier alpha value is -7.13. The predicted octanol–water partition coefficient (Wildman–Crippen LogP) is 11.7. The topological polar surface area (TPSA) is 51.6 Å². The summed E-state index contributed by atoms with van der Waals surface area (Å²) in [6.45, 7) is 0. The quantitative estimate of drug-likeness (QED) is 0.169. The first-order valence-electron chi connectivity index (χ1n) is 19.7. The average molecular weight is 759 g/mol. The third-order valence-electron chi connectivity index (χ3n) is 11.2. The number of hydrogen-bond acceptors (Lipinski definition) is 4. The van der Waals surface area contributed by atoms with E-state index >= 15 is 0 Å². The van der Waals surface area contributed by atoms with Crippen LogP contribution in [-0.4, -0.2) is 19.9 Å². The van der Waals surface area contributed by atoms with Gasteiger partial charge in [0.1, 0.15) is 0 Å². The standard InChI is InChI=1S/C53H35N4P/c1-4-16-34(17-5-1)41-27-15-30-45-47(41)48-43-26-10-11-31-46(43)58-50(48)44-29-14-28-42(49(44)54-45)39-24-12-22-37(32-39)38-23-13-25-40(33-38)53-56-51(35-18-6-2-7-19-35)55-52(57-53)36-20-8-3-9-21-36/h1-33,41-42H. The van der Waals surface area contributed by atoms with E-state index in [4.69, 9.17) is 19.9 Å². The summed E-state index contributed by atoms with van der Waals surface area (Å²) >= 11 is 0. The van der Waals surface area contributed by atoms with Gasteiger partial charge in [-0.2, -0.15) is 0 Å². The summed E-state index contributed by atoms with van der Waals surface area (Å²) < 4.78 is 0. The Labute approximate surface area is 338 Å². The van der Waals surface area contributed by atoms with Crippen molar-refractivity contribution in [3.63, 3.8) is 0 Å². The third kappa shape index (κ3) is 6.07. The van der Waals surface area contributed by atoms with Crippen LogP contribution in [0.2, 0.25) is 0 Å². The molecule has 0 fully saturated rings. The molecule has 3 heterocycles. The first kappa shape index (κ1) is 34.1. The summed E-state index contributed by atoms with van der Waals surface area (Å²) in [5, 5.41) is 6.27. The van der Waals surface area contributed by atoms with E-state index in [2.05, 4.69) is 140 Å². The SMILES string of the molecule is C1=CC(c2ccccc2)c2c3c4ccccc4pc-3c3c(nc2=C1)C(c1cccc(-c2cccc(-c4nc(-c5ccccc5)nc(-c5ccccc5)n4)c2)c1)C=CC=3. The van der Waals surface area contributed by atoms with Crippen molar-refractivity contribution in [2.75, 3.05) is 0 Å². The van der Waals surface area contributed by atoms with Gasteiger partial charge in [0.05, 0.1) is 11.0 Å². The maximum Gasteiger partial charge on any atom is 0.164 e. The molecule has 2 aliphatic carbocycles. The van der Waals surface area contributed by atoms with Crippen LogP contribution in [0.3, 0.4) is 0 Å². The summed E-state index contributed by atoms with van der Waals surface area (Å²) in [5.41, 5.74) is 11.2. The molecule has 4 nitrogen and oxygen atoms in total. The molecule has 6 aromatic carbocycles. The van der Waals surface area contributed by atoms with Crippen LogP contribution in [-0.2, 0) is 0 Å². The van der Waals surface area contributed by atoms with E-state index in [0.29, 0.717) is 17.5 Å². The summed E-state index contributed by atoms with van der Waals surface area (Å²) in [4.78, 5) is 20.6. The zero-order valence-electron chi connectivity index (χ0n) is 31.4. The predicted molar refractivity (Wildman–Crippen MR) is 239 cm³/mol. The molecule has 58 heavy (non-hydrogen) atoms. The van der Waals surface area contributed by atoms with Crippen LogP contribution in [0.4, 0.5) is 0 Å². The molecule has 1 aromatic heterocycles. The Morgan fingerprint density at radius 3 is 1.72 bits per heavy atom. The van der Waals surface area contributed by atoms with Gasteiger partial charge in [-0.05, 0) is 51.4 Å². The lowest BCUT2D eigenvalue weighted by molar-refractivity contribution is 0.918. The van der Waals surface area contributed by atoms with Crippen LogP contribution < -0.4 is 10.6 Å². The van der Waals surface area contributed by atoms with Gasteiger partial charge < -0.3 is 0 Å². The second-order valence-electron chi connectivity index (χ2n) is 14.8. The number of allylic oxidation sites excluding steroid dienone is 4. The van der Waals surface area contributed by atoms with Gasteiger partial charge in [-0.15, -0.1) is 0 Å². The lowest BCUT2D eigenvalue weighted by Crippen LogP contribution is -2.22. The molecule has 272 valence electrons. The van der Waals surface area contributed by atoms with Gasteiger partial charge in [-0.3, -0.25) is 4.98 Å². The fourth-order valence-electron chi connectivity index (χ4n) is 8.50. The Morgan fingerprint density at radius 2 is 0.983 bits per heavy atom. The molecule has 0 N–H and O–H groups in total. The largest absolute Gasteiger partial charge is 0.251 e. The van der Waals surface area contributed by atoms with Crippen LogP contribution in [0.5, 0.6) is 0 Å². The number of rotatable bonds is 6. The van der Waals surface area contributed by atoms with E-state index in [1.165, 1.54) is 51.5 Å². The van der Waals surface area contributed by atoms with Crippen molar-refractivity contribution < 1.29 is 0 Å². The maximum absolute atomic E-state index is 5.63. The highest BCUT2D eigenvalue weighted by Crippen LogP contribution is 2.46. The van der Waals surface area contributed by atoms with Crippen molar-refractivity contribution in [2.24, 2.45) is 0 Å². The highest BCUT2D eigenvalue weighted by atomic mass is 31.0. The second-order valence-corrected chi connectivity index (χ2v) is 15.9. The maximum atomic E-state index is 5.63. The molecule has 0 bridgehead atoms. The van der Waals surface area contributed by atoms with Crippen LogP contribution in [0.25, 0.3) is 78.8 Å². The normalized spacial score (nSPS) is 15.5. The highest BCUT2D eigenvalue weighted by molar-refractivity contribution is 7.41. The monoisotopic (exact) mass is 758 g/mol. The third-order valence-corrected chi connectivity index (χ3v) is 12.6. The lowest BCUT2D eigenvalue weighted by Gasteiger charge is -2.18. The molecule has 2 atom stereocenters. The number of aromatic nitrogens is 4. The zero-order chi connectivity index (χ0) is 38.4. The van der Waals surface area contributed by atoms with E-state index in [9.17, 15) is 0 Å². The van der Waals surface area contributed by atoms with Gasteiger partial charge in [0.2, 0.25) is 0 Å². The summed E-state index contributed by atoms with van der Waals surface area (Å²) in [5.74, 6) is 2.02. The van der Waals surface area contributed by atoms with Crippen LogP contribution >= 0.6 is 8.19 Å². The average Bonchev–Trinajstić information content (AvgIpc) is 3.62. The first-order valence-corrected chi connectivity index (χ1v) is 20.6. The van der Waals surface area contributed by atoms with Crippen molar-refractivity contribution in [1.29, 1.82) is 0 Å². The van der Waals surface area contributed by atoms with Gasteiger partial charge in [0.25, 0.3) is 0 Å². The second kappa shape index (κ2) is 14.4. The highest BCUT2D eigenvalue weighted by Gasteiger charge is 2.28. The lowest BCUT2D eigenvalue weighted by atomic mass is 9.85. The van der Waals surface area contributed by atoms with Gasteiger partial charge in [-0.1, -0.05) is 190 Å². The summed E-state index contributed by atoms with van der Waals surface area (Å²) in [6, 6.07) is 57.4. The molecular formula is C53H35N4P. The van der Waals surface area contributed by atoms with Crippen molar-refractivity contribution in [3.05, 3.63) is 221 Å². The van der Waals surface area contributed by atoms with Crippen molar-refractivity contribution >= 4 is 30.8 Å². The van der Waals surface area contributed by atoms with E-state index in [0.717, 1.165) is 38.9 Å². The molecule has 11 rings (SSSR count). The zero-order valence-corrected chi connectivity index (χ0v) is 32.3. The molecular weight excluding hydrogens is 724 g/mol. The number of hydrogen-bond donors (Lipinski definition) is 0. The minimum Gasteiger partial charge on any atom is -0.251 e. The van der Waals surface area contributed by atoms with Gasteiger partial charge in [0, 0.05) is 49.7 Å². The minimum absolute atomic E-state index is 0.0254. The molecule has 0 spiro atoms. The molecule has 7 aromatic rings. The first-order chi connectivity index (χ1) is 28.7. The Balaban J connectivity index is 1.03. The van der Waals surface area contributed by atoms with Crippen molar-refractivity contribution in [1.82, 2.24) is 19.9 Å². The van der Waals surface area contributed by atoms with E-state index in [-0.39, 0.29) is 11.8 Å². The summed E-state index contributed by atoms with van der Waals surface area (Å²) in [6.07, 6.45) is 13.5. The van der Waals surface area contributed by atoms with E-state index in [1.54, 1.807) is 0 Å². The van der Waals surface area contributed by atoms with Crippen molar-refractivity contribution in [2.45, 2.75) is 11.8 Å². The Morgan fingerprint density at radius 1 is 0.431 bits per heavy atom. The molecule has 0 radical (unpaired) electrons. The molecule has 0 amide bonds. The van der Waals surface area contributed by atoms with Crippen LogP contribution in [0, 0.1) is 0 Å². The van der Waals surface area contributed by atoms with E-state index < -0.39 is 0 Å². The Kier molecular flexibility index (Phi) is 8.49. The van der Waals surface area contributed by atoms with Crippen LogP contribution in [0.15, 0.2) is 188 Å².